The van der Waals surface area contributed by atoms with Crippen LogP contribution in [0.1, 0.15) is 12.5 Å². The lowest BCUT2D eigenvalue weighted by Gasteiger charge is -2.07. The molecule has 0 aliphatic rings. The van der Waals surface area contributed by atoms with Gasteiger partial charge >= 0.3 is 0 Å². The normalized spacial score (nSPS) is 11.3. The van der Waals surface area contributed by atoms with E-state index in [1.807, 2.05) is 73.7 Å². The number of carbonyl (C=O) groups excluding carboxylic acids is 1. The second-order valence-corrected chi connectivity index (χ2v) is 6.97. The first-order valence-electron chi connectivity index (χ1n) is 9.80. The second-order valence-electron chi connectivity index (χ2n) is 6.97. The summed E-state index contributed by atoms with van der Waals surface area (Å²) in [4.78, 5) is 12.1. The van der Waals surface area contributed by atoms with Gasteiger partial charge in [-0.25, -0.2) is 5.43 Å². The van der Waals surface area contributed by atoms with Crippen molar-refractivity contribution in [2.24, 2.45) is 5.10 Å². The molecule has 4 heteroatoms. The summed E-state index contributed by atoms with van der Waals surface area (Å²) in [5.74, 6) is 0.335. The van der Waals surface area contributed by atoms with Gasteiger partial charge in [-0.3, -0.25) is 4.79 Å². The first-order valence-corrected chi connectivity index (χ1v) is 9.80. The number of ether oxygens (including phenoxy) is 1. The van der Waals surface area contributed by atoms with E-state index in [1.165, 1.54) is 5.39 Å². The Kier molecular flexibility index (Phi) is 5.85. The highest BCUT2D eigenvalue weighted by atomic mass is 16.5. The van der Waals surface area contributed by atoms with Crippen LogP contribution < -0.4 is 10.2 Å². The van der Waals surface area contributed by atoms with Crippen LogP contribution in [0.25, 0.3) is 21.9 Å². The third-order valence-electron chi connectivity index (χ3n) is 4.85. The molecule has 0 fully saturated rings. The van der Waals surface area contributed by atoms with Gasteiger partial charge in [-0.2, -0.15) is 5.10 Å². The van der Waals surface area contributed by atoms with Crippen LogP contribution in [0.4, 0.5) is 0 Å². The van der Waals surface area contributed by atoms with E-state index in [0.29, 0.717) is 5.75 Å². The average molecular weight is 394 g/mol. The fourth-order valence-electron chi connectivity index (χ4n) is 3.18. The zero-order valence-electron chi connectivity index (χ0n) is 16.7. The van der Waals surface area contributed by atoms with Gasteiger partial charge in [0.1, 0.15) is 5.75 Å². The van der Waals surface area contributed by atoms with Crippen molar-refractivity contribution >= 4 is 22.4 Å². The molecule has 30 heavy (non-hydrogen) atoms. The van der Waals surface area contributed by atoms with Gasteiger partial charge in [-0.15, -0.1) is 0 Å². The van der Waals surface area contributed by atoms with Crippen molar-refractivity contribution in [3.63, 3.8) is 0 Å². The molecule has 0 spiro atoms. The zero-order valence-corrected chi connectivity index (χ0v) is 16.7. The van der Waals surface area contributed by atoms with Crippen LogP contribution in [-0.4, -0.2) is 18.2 Å². The molecule has 148 valence electrons. The maximum atomic E-state index is 12.1. The predicted octanol–water partition coefficient (Wildman–Crippen LogP) is 5.43. The SMILES string of the molecule is C/C(=N\NC(=O)COc1ccc(-c2ccccc2)cc1)c1ccc2ccccc2c1. The molecule has 4 nitrogen and oxygen atoms in total. The van der Waals surface area contributed by atoms with Crippen molar-refractivity contribution in [1.29, 1.82) is 0 Å². The van der Waals surface area contributed by atoms with E-state index in [4.69, 9.17) is 4.74 Å². The summed E-state index contributed by atoms with van der Waals surface area (Å²) in [5.41, 5.74) is 6.50. The van der Waals surface area contributed by atoms with E-state index >= 15 is 0 Å². The molecule has 0 aliphatic carbocycles. The summed E-state index contributed by atoms with van der Waals surface area (Å²) in [5, 5.41) is 6.51. The number of amides is 1. The third-order valence-corrected chi connectivity index (χ3v) is 4.85. The predicted molar refractivity (Wildman–Crippen MR) is 122 cm³/mol. The van der Waals surface area contributed by atoms with Gasteiger partial charge < -0.3 is 4.74 Å². The van der Waals surface area contributed by atoms with E-state index in [0.717, 1.165) is 27.8 Å². The second kappa shape index (κ2) is 9.05. The van der Waals surface area contributed by atoms with Crippen LogP contribution in [0.5, 0.6) is 5.75 Å². The average Bonchev–Trinajstić information content (AvgIpc) is 2.81. The molecule has 1 amide bonds. The minimum absolute atomic E-state index is 0.0980. The lowest BCUT2D eigenvalue weighted by atomic mass is 10.0. The molecule has 0 saturated carbocycles. The fraction of sp³-hybridized carbons (Fsp3) is 0.0769. The molecule has 4 aromatic carbocycles. The van der Waals surface area contributed by atoms with E-state index in [2.05, 4.69) is 40.9 Å². The number of nitrogens with zero attached hydrogens (tertiary/aromatic N) is 1. The number of nitrogens with one attached hydrogen (secondary N) is 1. The lowest BCUT2D eigenvalue weighted by molar-refractivity contribution is -0.123. The molecule has 1 N–H and O–H groups in total. The van der Waals surface area contributed by atoms with Crippen LogP contribution >= 0.6 is 0 Å². The summed E-state index contributed by atoms with van der Waals surface area (Å²) in [6, 6.07) is 32.0. The van der Waals surface area contributed by atoms with Gasteiger partial charge in [-0.05, 0) is 52.6 Å². The minimum Gasteiger partial charge on any atom is -0.484 e. The molecule has 0 aliphatic heterocycles. The Morgan fingerprint density at radius 2 is 1.47 bits per heavy atom. The molecule has 0 saturated heterocycles. The third kappa shape index (κ3) is 4.73. The Bertz CT molecular complexity index is 1180. The fourth-order valence-corrected chi connectivity index (χ4v) is 3.18. The molecule has 0 atom stereocenters. The van der Waals surface area contributed by atoms with Gasteiger partial charge in [-0.1, -0.05) is 78.9 Å². The molecule has 0 unspecified atom stereocenters. The molecule has 0 radical (unpaired) electrons. The lowest BCUT2D eigenvalue weighted by Crippen LogP contribution is -2.25. The molecular weight excluding hydrogens is 372 g/mol. The van der Waals surface area contributed by atoms with E-state index in [1.54, 1.807) is 0 Å². The molecular formula is C26H22N2O2. The largest absolute Gasteiger partial charge is 0.484 e. The van der Waals surface area contributed by atoms with Gasteiger partial charge in [0.15, 0.2) is 6.61 Å². The van der Waals surface area contributed by atoms with Crippen molar-refractivity contribution in [3.05, 3.63) is 103 Å². The smallest absolute Gasteiger partial charge is 0.277 e. The summed E-state index contributed by atoms with van der Waals surface area (Å²) in [6.07, 6.45) is 0. The van der Waals surface area contributed by atoms with E-state index < -0.39 is 0 Å². The van der Waals surface area contributed by atoms with Crippen molar-refractivity contribution in [2.75, 3.05) is 6.61 Å². The maximum Gasteiger partial charge on any atom is 0.277 e. The minimum atomic E-state index is -0.303. The Morgan fingerprint density at radius 3 is 2.23 bits per heavy atom. The molecule has 0 bridgehead atoms. The zero-order chi connectivity index (χ0) is 20.8. The number of carbonyl (C=O) groups is 1. The Labute approximate surface area is 175 Å². The number of hydrazone groups is 1. The van der Waals surface area contributed by atoms with Crippen LogP contribution in [0, 0.1) is 0 Å². The summed E-state index contributed by atoms with van der Waals surface area (Å²) < 4.78 is 5.57. The highest BCUT2D eigenvalue weighted by Crippen LogP contribution is 2.22. The number of hydrogen-bond acceptors (Lipinski definition) is 3. The van der Waals surface area contributed by atoms with Gasteiger partial charge in [0.05, 0.1) is 5.71 Å². The van der Waals surface area contributed by atoms with Crippen molar-refractivity contribution in [3.8, 4) is 16.9 Å². The first-order chi connectivity index (χ1) is 14.7. The van der Waals surface area contributed by atoms with Gasteiger partial charge in [0, 0.05) is 0 Å². The summed E-state index contributed by atoms with van der Waals surface area (Å²) >= 11 is 0. The monoisotopic (exact) mass is 394 g/mol. The van der Waals surface area contributed by atoms with Crippen LogP contribution in [0.15, 0.2) is 102 Å². The number of hydrogen-bond donors (Lipinski definition) is 1. The van der Waals surface area contributed by atoms with Crippen molar-refractivity contribution in [1.82, 2.24) is 5.43 Å². The molecule has 0 aromatic heterocycles. The summed E-state index contributed by atoms with van der Waals surface area (Å²) in [7, 11) is 0. The maximum absolute atomic E-state index is 12.1. The topological polar surface area (TPSA) is 50.7 Å². The highest BCUT2D eigenvalue weighted by Gasteiger charge is 2.05. The molecule has 4 aromatic rings. The highest BCUT2D eigenvalue weighted by molar-refractivity contribution is 6.02. The van der Waals surface area contributed by atoms with E-state index in [9.17, 15) is 4.79 Å². The molecule has 0 heterocycles. The number of benzene rings is 4. The van der Waals surface area contributed by atoms with Crippen molar-refractivity contribution in [2.45, 2.75) is 6.92 Å². The number of fused-ring (bicyclic) bond motifs is 1. The van der Waals surface area contributed by atoms with E-state index in [-0.39, 0.29) is 12.5 Å². The van der Waals surface area contributed by atoms with Crippen LogP contribution in [-0.2, 0) is 4.79 Å². The van der Waals surface area contributed by atoms with Crippen LogP contribution in [0.2, 0.25) is 0 Å². The van der Waals surface area contributed by atoms with Gasteiger partial charge in [0.2, 0.25) is 0 Å². The first kappa shape index (κ1) is 19.4. The Balaban J connectivity index is 1.33. The van der Waals surface area contributed by atoms with Gasteiger partial charge in [0.25, 0.3) is 5.91 Å². The standard InChI is InChI=1S/C26H22N2O2/c1-19(23-12-11-21-9-5-6-10-24(21)17-23)27-28-26(29)18-30-25-15-13-22(14-16-25)20-7-3-2-4-8-20/h2-17H,18H2,1H3,(H,28,29)/b27-19+. The Morgan fingerprint density at radius 1 is 0.800 bits per heavy atom. The Hall–Kier alpha value is -3.92. The quantitative estimate of drug-likeness (QED) is 0.350. The molecule has 4 rings (SSSR count). The van der Waals surface area contributed by atoms with Crippen LogP contribution in [0.3, 0.4) is 0 Å². The summed E-state index contributed by atoms with van der Waals surface area (Å²) in [6.45, 7) is 1.77. The number of rotatable bonds is 6. The van der Waals surface area contributed by atoms with Crippen molar-refractivity contribution < 1.29 is 9.53 Å².